The summed E-state index contributed by atoms with van der Waals surface area (Å²) in [4.78, 5) is 30.1. The molecule has 0 saturated carbocycles. The number of carbonyl (C=O) groups excluding carboxylic acids is 2. The van der Waals surface area contributed by atoms with Gasteiger partial charge in [0.05, 0.1) is 28.7 Å². The number of Topliss-reactive ketones (excluding diaryl/α,β-unsaturated/α-hetero) is 1. The Hall–Kier alpha value is -3.30. The van der Waals surface area contributed by atoms with E-state index in [9.17, 15) is 18.4 Å². The molecule has 3 heterocycles. The minimum Gasteiger partial charge on any atom is -0.364 e. The van der Waals surface area contributed by atoms with Gasteiger partial charge < -0.3 is 19.6 Å². The number of carbonyl (C=O) groups is 2. The van der Waals surface area contributed by atoms with Gasteiger partial charge in [-0.15, -0.1) is 0 Å². The third-order valence-electron chi connectivity index (χ3n) is 7.96. The molecule has 2 aliphatic rings. The van der Waals surface area contributed by atoms with Gasteiger partial charge in [0.1, 0.15) is 23.6 Å². The molecule has 206 valence electrons. The molecule has 1 aromatic heterocycles. The molecular formula is C29H31ClF2N4O3. The second kappa shape index (κ2) is 11.8. The zero-order chi connectivity index (χ0) is 27.5. The minimum absolute atomic E-state index is 0.230. The standard InChI is InChI=1S/C29H31ClF2N4O3/c1-35(17-20-10-14-39-34-20)29(38)22-6-5-21(16-23(22)30)36-13-9-19(18-7-11-33-12-8-18)15-26(36)28(37)27-24(31)3-2-4-25(27)32/h2-6,10,14,16,18-19,26,33H,7-9,11-13,15,17H2,1H3/t19?,26-/m1/s1. The van der Waals surface area contributed by atoms with Crippen molar-refractivity contribution in [1.29, 1.82) is 0 Å². The van der Waals surface area contributed by atoms with E-state index in [1.807, 2.05) is 4.90 Å². The maximum atomic E-state index is 14.7. The Morgan fingerprint density at radius 3 is 2.51 bits per heavy atom. The summed E-state index contributed by atoms with van der Waals surface area (Å²) >= 11 is 6.59. The van der Waals surface area contributed by atoms with Crippen LogP contribution in [0.25, 0.3) is 0 Å². The van der Waals surface area contributed by atoms with Gasteiger partial charge in [-0.3, -0.25) is 9.59 Å². The molecular weight excluding hydrogens is 526 g/mol. The topological polar surface area (TPSA) is 78.7 Å². The quantitative estimate of drug-likeness (QED) is 0.396. The van der Waals surface area contributed by atoms with Crippen LogP contribution in [0, 0.1) is 23.5 Å². The number of benzene rings is 2. The molecule has 1 N–H and O–H groups in total. The molecule has 2 atom stereocenters. The Labute approximate surface area is 231 Å². The molecule has 0 radical (unpaired) electrons. The molecule has 2 fully saturated rings. The van der Waals surface area contributed by atoms with Crippen LogP contribution in [-0.4, -0.2) is 54.5 Å². The number of hydrogen-bond acceptors (Lipinski definition) is 6. The number of anilines is 1. The van der Waals surface area contributed by atoms with Crippen LogP contribution >= 0.6 is 11.6 Å². The highest BCUT2D eigenvalue weighted by atomic mass is 35.5. The van der Waals surface area contributed by atoms with Crippen LogP contribution in [0.4, 0.5) is 14.5 Å². The van der Waals surface area contributed by atoms with E-state index in [0.717, 1.165) is 44.5 Å². The average Bonchev–Trinajstić information content (AvgIpc) is 3.45. The van der Waals surface area contributed by atoms with Crippen LogP contribution in [-0.2, 0) is 6.54 Å². The first kappa shape index (κ1) is 27.3. The third-order valence-corrected chi connectivity index (χ3v) is 8.27. The molecule has 0 bridgehead atoms. The first-order chi connectivity index (χ1) is 18.8. The fourth-order valence-corrected chi connectivity index (χ4v) is 6.15. The Balaban J connectivity index is 1.42. The largest absolute Gasteiger partial charge is 0.364 e. The Morgan fingerprint density at radius 1 is 1.10 bits per heavy atom. The summed E-state index contributed by atoms with van der Waals surface area (Å²) in [6.07, 6.45) is 4.83. The molecule has 39 heavy (non-hydrogen) atoms. The lowest BCUT2D eigenvalue weighted by molar-refractivity contribution is 0.0781. The number of halogens is 3. The van der Waals surface area contributed by atoms with E-state index >= 15 is 0 Å². The van der Waals surface area contributed by atoms with Crippen molar-refractivity contribution in [2.75, 3.05) is 31.6 Å². The maximum Gasteiger partial charge on any atom is 0.255 e. The lowest BCUT2D eigenvalue weighted by Gasteiger charge is -2.43. The fourth-order valence-electron chi connectivity index (χ4n) is 5.89. The molecule has 5 rings (SSSR count). The summed E-state index contributed by atoms with van der Waals surface area (Å²) in [5.41, 5.74) is 1.04. The van der Waals surface area contributed by atoms with E-state index in [1.54, 1.807) is 31.3 Å². The second-order valence-corrected chi connectivity index (χ2v) is 10.8. The highest BCUT2D eigenvalue weighted by molar-refractivity contribution is 6.34. The third kappa shape index (κ3) is 5.84. The van der Waals surface area contributed by atoms with Gasteiger partial charge in [0, 0.05) is 25.3 Å². The van der Waals surface area contributed by atoms with E-state index in [0.29, 0.717) is 35.8 Å². The maximum absolute atomic E-state index is 14.7. The van der Waals surface area contributed by atoms with E-state index in [4.69, 9.17) is 16.1 Å². The average molecular weight is 557 g/mol. The molecule has 1 unspecified atom stereocenters. The zero-order valence-electron chi connectivity index (χ0n) is 21.7. The van der Waals surface area contributed by atoms with Crippen LogP contribution < -0.4 is 10.2 Å². The van der Waals surface area contributed by atoms with Crippen molar-refractivity contribution < 1.29 is 22.9 Å². The summed E-state index contributed by atoms with van der Waals surface area (Å²) in [7, 11) is 1.64. The molecule has 1 amide bonds. The summed E-state index contributed by atoms with van der Waals surface area (Å²) in [5.74, 6) is -1.86. The number of rotatable bonds is 7. The van der Waals surface area contributed by atoms with Crippen molar-refractivity contribution in [2.45, 2.75) is 38.3 Å². The summed E-state index contributed by atoms with van der Waals surface area (Å²) in [5, 5.41) is 7.44. The highest BCUT2D eigenvalue weighted by Gasteiger charge is 2.39. The second-order valence-electron chi connectivity index (χ2n) is 10.4. The Bertz CT molecular complexity index is 1310. The van der Waals surface area contributed by atoms with Crippen LogP contribution in [0.1, 0.15) is 52.1 Å². The SMILES string of the molecule is CN(Cc1ccon1)C(=O)c1ccc(N2CCC(C3CCNCC3)C[C@@H]2C(=O)c2c(F)cccc2F)cc1Cl. The van der Waals surface area contributed by atoms with Crippen molar-refractivity contribution in [2.24, 2.45) is 11.8 Å². The van der Waals surface area contributed by atoms with Gasteiger partial charge in [0.25, 0.3) is 5.91 Å². The van der Waals surface area contributed by atoms with Gasteiger partial charge in [-0.05, 0) is 80.9 Å². The molecule has 2 saturated heterocycles. The number of nitrogens with zero attached hydrogens (tertiary/aromatic N) is 3. The first-order valence-electron chi connectivity index (χ1n) is 13.2. The van der Waals surface area contributed by atoms with Gasteiger partial charge in [0.2, 0.25) is 0 Å². The van der Waals surface area contributed by atoms with Gasteiger partial charge in [0.15, 0.2) is 5.78 Å². The number of aromatic nitrogens is 1. The number of piperidine rings is 2. The molecule has 2 aliphatic heterocycles. The van der Waals surface area contributed by atoms with Crippen LogP contribution in [0.5, 0.6) is 0 Å². The highest BCUT2D eigenvalue weighted by Crippen LogP contribution is 2.38. The van der Waals surface area contributed by atoms with Crippen LogP contribution in [0.15, 0.2) is 53.3 Å². The summed E-state index contributed by atoms with van der Waals surface area (Å²) in [6.45, 7) is 2.66. The predicted molar refractivity (Wildman–Crippen MR) is 144 cm³/mol. The Kier molecular flexibility index (Phi) is 8.28. The van der Waals surface area contributed by atoms with Gasteiger partial charge in [-0.2, -0.15) is 0 Å². The van der Waals surface area contributed by atoms with Crippen molar-refractivity contribution in [1.82, 2.24) is 15.4 Å². The van der Waals surface area contributed by atoms with Gasteiger partial charge >= 0.3 is 0 Å². The molecule has 10 heteroatoms. The number of nitrogens with one attached hydrogen (secondary N) is 1. The van der Waals surface area contributed by atoms with Crippen molar-refractivity contribution in [3.63, 3.8) is 0 Å². The minimum atomic E-state index is -0.863. The Morgan fingerprint density at radius 2 is 1.85 bits per heavy atom. The predicted octanol–water partition coefficient (Wildman–Crippen LogP) is 5.35. The lowest BCUT2D eigenvalue weighted by atomic mass is 9.75. The number of ketones is 1. The molecule has 2 aromatic carbocycles. The zero-order valence-corrected chi connectivity index (χ0v) is 22.5. The van der Waals surface area contributed by atoms with Crippen LogP contribution in [0.2, 0.25) is 5.02 Å². The smallest absolute Gasteiger partial charge is 0.255 e. The van der Waals surface area contributed by atoms with E-state index in [1.165, 1.54) is 17.2 Å². The number of amides is 1. The number of hydrogen-bond donors (Lipinski definition) is 1. The normalized spacial score (nSPS) is 20.2. The van der Waals surface area contributed by atoms with Crippen molar-refractivity contribution in [3.05, 3.63) is 82.2 Å². The summed E-state index contributed by atoms with van der Waals surface area (Å²) < 4.78 is 34.2. The monoisotopic (exact) mass is 556 g/mol. The molecule has 3 aromatic rings. The van der Waals surface area contributed by atoms with Gasteiger partial charge in [-0.1, -0.05) is 22.8 Å². The van der Waals surface area contributed by atoms with Crippen molar-refractivity contribution >= 4 is 29.0 Å². The van der Waals surface area contributed by atoms with Crippen molar-refractivity contribution in [3.8, 4) is 0 Å². The fraction of sp³-hybridized carbons (Fsp3) is 0.414. The first-order valence-corrected chi connectivity index (χ1v) is 13.6. The van der Waals surface area contributed by atoms with E-state index in [-0.39, 0.29) is 23.4 Å². The molecule has 0 spiro atoms. The summed E-state index contributed by atoms with van der Waals surface area (Å²) in [6, 6.07) is 9.43. The van der Waals surface area contributed by atoms with E-state index in [2.05, 4.69) is 10.5 Å². The lowest BCUT2D eigenvalue weighted by Crippen LogP contribution is -2.50. The van der Waals surface area contributed by atoms with Gasteiger partial charge in [-0.25, -0.2) is 8.78 Å². The van der Waals surface area contributed by atoms with E-state index < -0.39 is 29.0 Å². The molecule has 7 nitrogen and oxygen atoms in total. The van der Waals surface area contributed by atoms with Crippen LogP contribution in [0.3, 0.4) is 0 Å². The molecule has 0 aliphatic carbocycles.